The van der Waals surface area contributed by atoms with Gasteiger partial charge >= 0.3 is 5.97 Å². The number of carbonyl (C=O) groups is 1. The van der Waals surface area contributed by atoms with E-state index in [0.29, 0.717) is 16.4 Å². The van der Waals surface area contributed by atoms with E-state index in [1.54, 1.807) is 6.92 Å². The van der Waals surface area contributed by atoms with Crippen LogP contribution in [0.25, 0.3) is 10.7 Å². The van der Waals surface area contributed by atoms with Crippen molar-refractivity contribution in [2.24, 2.45) is 0 Å². The third kappa shape index (κ3) is 1.37. The zero-order chi connectivity index (χ0) is 10.1. The summed E-state index contributed by atoms with van der Waals surface area (Å²) in [4.78, 5) is 15.1. The molecule has 0 unspecified atom stereocenters. The van der Waals surface area contributed by atoms with Gasteiger partial charge in [-0.05, 0) is 6.92 Å². The molecule has 2 aromatic heterocycles. The number of aryl methyl sites for hydroxylation is 1. The van der Waals surface area contributed by atoms with Gasteiger partial charge in [-0.2, -0.15) is 15.4 Å². The number of nitrogens with zero attached hydrogens (tertiary/aromatic N) is 3. The minimum absolute atomic E-state index is 0.239. The number of aromatic nitrogens is 4. The van der Waals surface area contributed by atoms with E-state index < -0.39 is 5.97 Å². The summed E-state index contributed by atoms with van der Waals surface area (Å²) in [6.45, 7) is 1.66. The van der Waals surface area contributed by atoms with Gasteiger partial charge in [0.05, 0.1) is 11.9 Å². The van der Waals surface area contributed by atoms with Crippen LogP contribution in [0.5, 0.6) is 0 Å². The van der Waals surface area contributed by atoms with Crippen LogP contribution < -0.4 is 0 Å². The molecular formula is C7H6N4O2S. The first kappa shape index (κ1) is 8.82. The molecule has 2 heterocycles. The number of H-pyrrole nitrogens is 1. The minimum atomic E-state index is -0.963. The molecule has 6 nitrogen and oxygen atoms in total. The average Bonchev–Trinajstić information content (AvgIpc) is 2.70. The number of aromatic amines is 1. The maximum atomic E-state index is 10.7. The molecule has 0 atom stereocenters. The fourth-order valence-corrected chi connectivity index (χ4v) is 1.87. The lowest BCUT2D eigenvalue weighted by molar-refractivity contribution is 0.0701. The van der Waals surface area contributed by atoms with E-state index in [-0.39, 0.29) is 4.88 Å². The van der Waals surface area contributed by atoms with Crippen molar-refractivity contribution in [3.8, 4) is 10.7 Å². The maximum absolute atomic E-state index is 10.7. The Hall–Kier alpha value is -1.76. The lowest BCUT2D eigenvalue weighted by atomic mass is 10.4. The Bertz CT molecular complexity index is 462. The Balaban J connectivity index is 2.48. The summed E-state index contributed by atoms with van der Waals surface area (Å²) < 4.78 is 0. The number of hydrogen-bond donors (Lipinski definition) is 2. The van der Waals surface area contributed by atoms with E-state index in [9.17, 15) is 4.79 Å². The maximum Gasteiger partial charge on any atom is 0.347 e. The second-order valence-electron chi connectivity index (χ2n) is 2.59. The molecule has 7 heteroatoms. The largest absolute Gasteiger partial charge is 0.477 e. The summed E-state index contributed by atoms with van der Waals surface area (Å²) in [7, 11) is 0. The molecule has 2 aromatic rings. The van der Waals surface area contributed by atoms with Crippen molar-refractivity contribution in [1.82, 2.24) is 20.4 Å². The van der Waals surface area contributed by atoms with Gasteiger partial charge in [0.15, 0.2) is 0 Å². The molecule has 0 fully saturated rings. The fourth-order valence-electron chi connectivity index (χ4n) is 1.01. The molecule has 0 saturated carbocycles. The van der Waals surface area contributed by atoms with Gasteiger partial charge in [-0.15, -0.1) is 11.3 Å². The van der Waals surface area contributed by atoms with Crippen molar-refractivity contribution in [3.05, 3.63) is 16.8 Å². The first-order valence-corrected chi connectivity index (χ1v) is 4.57. The smallest absolute Gasteiger partial charge is 0.347 e. The van der Waals surface area contributed by atoms with Crippen LogP contribution in [-0.2, 0) is 0 Å². The highest BCUT2D eigenvalue weighted by Gasteiger charge is 2.15. The average molecular weight is 210 g/mol. The molecule has 0 bridgehead atoms. The quantitative estimate of drug-likeness (QED) is 0.769. The molecule has 72 valence electrons. The van der Waals surface area contributed by atoms with E-state index in [2.05, 4.69) is 20.4 Å². The Morgan fingerprint density at radius 1 is 1.64 bits per heavy atom. The van der Waals surface area contributed by atoms with E-state index in [1.807, 2.05) is 0 Å². The Labute approximate surface area is 82.6 Å². The van der Waals surface area contributed by atoms with Crippen LogP contribution in [-0.4, -0.2) is 31.5 Å². The zero-order valence-corrected chi connectivity index (χ0v) is 8.00. The first-order chi connectivity index (χ1) is 6.68. The van der Waals surface area contributed by atoms with Gasteiger partial charge in [0.1, 0.15) is 15.6 Å². The van der Waals surface area contributed by atoms with Crippen LogP contribution in [0.15, 0.2) is 6.20 Å². The molecule has 0 aliphatic carbocycles. The second-order valence-corrected chi connectivity index (χ2v) is 3.59. The molecule has 0 spiro atoms. The lowest BCUT2D eigenvalue weighted by Gasteiger charge is -1.84. The molecular weight excluding hydrogens is 204 g/mol. The van der Waals surface area contributed by atoms with Crippen LogP contribution >= 0.6 is 11.3 Å². The van der Waals surface area contributed by atoms with Gasteiger partial charge in [-0.25, -0.2) is 9.78 Å². The van der Waals surface area contributed by atoms with Gasteiger partial charge in [-0.1, -0.05) is 0 Å². The summed E-state index contributed by atoms with van der Waals surface area (Å²) in [5, 5.41) is 19.3. The van der Waals surface area contributed by atoms with Crippen molar-refractivity contribution >= 4 is 17.3 Å². The first-order valence-electron chi connectivity index (χ1n) is 3.75. The van der Waals surface area contributed by atoms with E-state index in [0.717, 1.165) is 11.3 Å². The summed E-state index contributed by atoms with van der Waals surface area (Å²) in [5.41, 5.74) is 1.06. The molecule has 0 saturated heterocycles. The summed E-state index contributed by atoms with van der Waals surface area (Å²) in [5.74, 6) is -0.963. The van der Waals surface area contributed by atoms with Crippen molar-refractivity contribution in [1.29, 1.82) is 0 Å². The highest BCUT2D eigenvalue weighted by molar-refractivity contribution is 7.16. The van der Waals surface area contributed by atoms with E-state index in [1.165, 1.54) is 6.20 Å². The van der Waals surface area contributed by atoms with Crippen LogP contribution in [0.3, 0.4) is 0 Å². The normalized spacial score (nSPS) is 10.4. The Morgan fingerprint density at radius 2 is 2.43 bits per heavy atom. The molecule has 0 amide bonds. The number of thiazole rings is 1. The molecule has 2 N–H and O–H groups in total. The molecule has 0 aromatic carbocycles. The molecule has 2 rings (SSSR count). The molecule has 0 aliphatic heterocycles. The van der Waals surface area contributed by atoms with Crippen molar-refractivity contribution in [2.45, 2.75) is 6.92 Å². The van der Waals surface area contributed by atoms with Crippen molar-refractivity contribution in [2.75, 3.05) is 0 Å². The minimum Gasteiger partial charge on any atom is -0.477 e. The monoisotopic (exact) mass is 210 g/mol. The third-order valence-corrected chi connectivity index (χ3v) is 2.79. The van der Waals surface area contributed by atoms with Gasteiger partial charge < -0.3 is 5.11 Å². The van der Waals surface area contributed by atoms with Crippen LogP contribution in [0, 0.1) is 6.92 Å². The van der Waals surface area contributed by atoms with Gasteiger partial charge in [0.2, 0.25) is 0 Å². The summed E-state index contributed by atoms with van der Waals surface area (Å²) in [6, 6.07) is 0. The Kier molecular flexibility index (Phi) is 2.01. The number of nitrogens with one attached hydrogen (secondary N) is 1. The summed E-state index contributed by atoms with van der Waals surface area (Å²) >= 11 is 1.09. The molecule has 0 aliphatic rings. The predicted molar refractivity (Wildman–Crippen MR) is 49.2 cm³/mol. The zero-order valence-electron chi connectivity index (χ0n) is 7.18. The fraction of sp³-hybridized carbons (Fsp3) is 0.143. The number of hydrogen-bond acceptors (Lipinski definition) is 5. The van der Waals surface area contributed by atoms with Crippen molar-refractivity contribution < 1.29 is 9.90 Å². The Morgan fingerprint density at radius 3 is 2.93 bits per heavy atom. The standard InChI is InChI=1S/C7H6N4O2S/c1-3-5(7(12)13)14-6(9-3)4-2-8-11-10-4/h2H,1H3,(H,12,13)(H,8,10,11). The van der Waals surface area contributed by atoms with Crippen molar-refractivity contribution in [3.63, 3.8) is 0 Å². The molecule has 14 heavy (non-hydrogen) atoms. The number of aromatic carboxylic acids is 1. The highest BCUT2D eigenvalue weighted by Crippen LogP contribution is 2.25. The number of carboxylic acid groups (broad SMARTS) is 1. The third-order valence-electron chi connectivity index (χ3n) is 1.62. The number of rotatable bonds is 2. The van der Waals surface area contributed by atoms with Crippen LogP contribution in [0.2, 0.25) is 0 Å². The topological polar surface area (TPSA) is 91.8 Å². The van der Waals surface area contributed by atoms with Gasteiger partial charge in [0, 0.05) is 0 Å². The summed E-state index contributed by atoms with van der Waals surface area (Å²) in [6.07, 6.45) is 1.50. The lowest BCUT2D eigenvalue weighted by Crippen LogP contribution is -1.94. The van der Waals surface area contributed by atoms with E-state index in [4.69, 9.17) is 5.11 Å². The van der Waals surface area contributed by atoms with Crippen LogP contribution in [0.4, 0.5) is 0 Å². The van der Waals surface area contributed by atoms with Crippen LogP contribution in [0.1, 0.15) is 15.4 Å². The predicted octanol–water partition coefficient (Wildman–Crippen LogP) is 0.935. The van der Waals surface area contributed by atoms with Gasteiger partial charge in [-0.3, -0.25) is 0 Å². The SMILES string of the molecule is Cc1nc(-c2cn[nH]n2)sc1C(=O)O. The van der Waals surface area contributed by atoms with Gasteiger partial charge in [0.25, 0.3) is 0 Å². The number of carboxylic acids is 1. The second kappa shape index (κ2) is 3.18. The highest BCUT2D eigenvalue weighted by atomic mass is 32.1. The van der Waals surface area contributed by atoms with E-state index >= 15 is 0 Å². The molecule has 0 radical (unpaired) electrons.